The van der Waals surface area contributed by atoms with Crippen molar-refractivity contribution in [3.63, 3.8) is 0 Å². The summed E-state index contributed by atoms with van der Waals surface area (Å²) in [5, 5.41) is 15.3. The van der Waals surface area contributed by atoms with Crippen LogP contribution >= 0.6 is 0 Å². The predicted octanol–water partition coefficient (Wildman–Crippen LogP) is 3.64. The van der Waals surface area contributed by atoms with Crippen molar-refractivity contribution < 1.29 is 19.5 Å². The summed E-state index contributed by atoms with van der Waals surface area (Å²) in [6.45, 7) is 1.35. The quantitative estimate of drug-likeness (QED) is 0.609. The van der Waals surface area contributed by atoms with Gasteiger partial charge in [0.1, 0.15) is 6.04 Å². The van der Waals surface area contributed by atoms with E-state index in [1.54, 1.807) is 24.3 Å². The molecule has 3 N–H and O–H groups in total. The summed E-state index contributed by atoms with van der Waals surface area (Å²) in [5.41, 5.74) is 4.20. The summed E-state index contributed by atoms with van der Waals surface area (Å²) in [6, 6.07) is 20.6. The first-order chi connectivity index (χ1) is 14.5. The monoisotopic (exact) mass is 400 g/mol. The van der Waals surface area contributed by atoms with Crippen molar-refractivity contribution in [2.75, 3.05) is 5.32 Å². The van der Waals surface area contributed by atoms with Crippen LogP contribution in [0.5, 0.6) is 0 Å². The number of carboxylic acid groups (broad SMARTS) is 1. The van der Waals surface area contributed by atoms with Gasteiger partial charge in [-0.15, -0.1) is 0 Å². The van der Waals surface area contributed by atoms with Crippen LogP contribution in [0.2, 0.25) is 0 Å². The van der Waals surface area contributed by atoms with Crippen LogP contribution in [-0.4, -0.2) is 28.9 Å². The third-order valence-electron chi connectivity index (χ3n) is 5.25. The zero-order valence-corrected chi connectivity index (χ0v) is 16.3. The first-order valence-electron chi connectivity index (χ1n) is 9.56. The van der Waals surface area contributed by atoms with E-state index in [1.165, 1.54) is 6.92 Å². The minimum Gasteiger partial charge on any atom is -0.480 e. The number of carbonyl (C=O) groups is 3. The molecule has 0 spiro atoms. The molecule has 0 radical (unpaired) electrons. The minimum atomic E-state index is -1.17. The Morgan fingerprint density at radius 3 is 1.93 bits per heavy atom. The third-order valence-corrected chi connectivity index (χ3v) is 5.25. The molecule has 1 atom stereocenters. The van der Waals surface area contributed by atoms with E-state index in [0.717, 1.165) is 22.3 Å². The minimum absolute atomic E-state index is 0.207. The van der Waals surface area contributed by atoms with E-state index < -0.39 is 23.8 Å². The second-order valence-corrected chi connectivity index (χ2v) is 7.17. The molecule has 3 aromatic carbocycles. The summed E-state index contributed by atoms with van der Waals surface area (Å²) in [7, 11) is 0. The largest absolute Gasteiger partial charge is 0.480 e. The lowest BCUT2D eigenvalue weighted by atomic mass is 9.89. The molecular formula is C24H20N2O4. The van der Waals surface area contributed by atoms with Gasteiger partial charge in [-0.25, -0.2) is 4.79 Å². The molecule has 0 aliphatic heterocycles. The molecule has 30 heavy (non-hydrogen) atoms. The standard InChI is InChI=1S/C24H20N2O4/c1-14(27)25-20-13-7-6-12-19(20)23(28)26-22(24(29)30)21-17-10-4-2-8-15(17)16-9-3-5-11-18(16)21/h2-13,21-22H,1H3,(H,25,27)(H,26,28)(H,29,30)/t22-/m0/s1. The summed E-state index contributed by atoms with van der Waals surface area (Å²) >= 11 is 0. The van der Waals surface area contributed by atoms with Crippen LogP contribution in [0.25, 0.3) is 11.1 Å². The number of carbonyl (C=O) groups excluding carboxylic acids is 2. The van der Waals surface area contributed by atoms with E-state index in [1.807, 2.05) is 48.5 Å². The Hall–Kier alpha value is -3.93. The highest BCUT2D eigenvalue weighted by Crippen LogP contribution is 2.46. The van der Waals surface area contributed by atoms with Gasteiger partial charge < -0.3 is 15.7 Å². The molecule has 6 heteroatoms. The average molecular weight is 400 g/mol. The van der Waals surface area contributed by atoms with Gasteiger partial charge in [0.15, 0.2) is 0 Å². The number of hydrogen-bond donors (Lipinski definition) is 3. The van der Waals surface area contributed by atoms with Crippen molar-refractivity contribution >= 4 is 23.5 Å². The number of amides is 2. The molecule has 4 rings (SSSR count). The Labute approximate surface area is 173 Å². The Balaban J connectivity index is 1.72. The molecule has 2 amide bonds. The molecule has 0 saturated carbocycles. The van der Waals surface area contributed by atoms with Crippen LogP contribution < -0.4 is 10.6 Å². The van der Waals surface area contributed by atoms with E-state index in [2.05, 4.69) is 10.6 Å². The number of rotatable bonds is 5. The zero-order valence-electron chi connectivity index (χ0n) is 16.3. The van der Waals surface area contributed by atoms with Gasteiger partial charge in [-0.3, -0.25) is 9.59 Å². The highest BCUT2D eigenvalue weighted by atomic mass is 16.4. The van der Waals surface area contributed by atoms with Gasteiger partial charge >= 0.3 is 5.97 Å². The van der Waals surface area contributed by atoms with Crippen LogP contribution in [-0.2, 0) is 9.59 Å². The smallest absolute Gasteiger partial charge is 0.327 e. The highest BCUT2D eigenvalue weighted by Gasteiger charge is 2.39. The van der Waals surface area contributed by atoms with Crippen molar-refractivity contribution in [2.45, 2.75) is 18.9 Å². The number of benzene rings is 3. The fourth-order valence-corrected chi connectivity index (χ4v) is 4.04. The summed E-state index contributed by atoms with van der Waals surface area (Å²) < 4.78 is 0. The molecule has 0 aromatic heterocycles. The first kappa shape index (κ1) is 19.4. The lowest BCUT2D eigenvalue weighted by molar-refractivity contribution is -0.139. The Morgan fingerprint density at radius 2 is 1.37 bits per heavy atom. The van der Waals surface area contributed by atoms with Gasteiger partial charge in [-0.1, -0.05) is 60.7 Å². The first-order valence-corrected chi connectivity index (χ1v) is 9.56. The maximum atomic E-state index is 13.0. The van der Waals surface area contributed by atoms with E-state index in [0.29, 0.717) is 5.69 Å². The van der Waals surface area contributed by atoms with Crippen molar-refractivity contribution in [1.82, 2.24) is 5.32 Å². The van der Waals surface area contributed by atoms with Gasteiger partial charge in [0.05, 0.1) is 11.3 Å². The third kappa shape index (κ3) is 3.43. The molecule has 1 aliphatic rings. The lowest BCUT2D eigenvalue weighted by Gasteiger charge is -2.23. The van der Waals surface area contributed by atoms with Crippen molar-refractivity contribution in [1.29, 1.82) is 0 Å². The second kappa shape index (κ2) is 7.83. The lowest BCUT2D eigenvalue weighted by Crippen LogP contribution is -2.45. The van der Waals surface area contributed by atoms with E-state index in [-0.39, 0.29) is 11.5 Å². The topological polar surface area (TPSA) is 95.5 Å². The van der Waals surface area contributed by atoms with Gasteiger partial charge in [0.25, 0.3) is 5.91 Å². The van der Waals surface area contributed by atoms with E-state index in [9.17, 15) is 19.5 Å². The van der Waals surface area contributed by atoms with Crippen LogP contribution in [0, 0.1) is 0 Å². The normalized spacial score (nSPS) is 13.1. The fourth-order valence-electron chi connectivity index (χ4n) is 4.04. The van der Waals surface area contributed by atoms with E-state index in [4.69, 9.17) is 0 Å². The number of anilines is 1. The Kier molecular flexibility index (Phi) is 5.06. The number of aliphatic carboxylic acids is 1. The van der Waals surface area contributed by atoms with Crippen LogP contribution in [0.15, 0.2) is 72.8 Å². The Bertz CT molecular complexity index is 1110. The average Bonchev–Trinajstić information content (AvgIpc) is 3.06. The molecule has 150 valence electrons. The molecule has 3 aromatic rings. The molecule has 0 saturated heterocycles. The van der Waals surface area contributed by atoms with Gasteiger partial charge in [-0.05, 0) is 34.4 Å². The van der Waals surface area contributed by atoms with Crippen LogP contribution in [0.4, 0.5) is 5.69 Å². The highest BCUT2D eigenvalue weighted by molar-refractivity contribution is 6.04. The molecule has 1 aliphatic carbocycles. The number of carboxylic acids is 1. The fraction of sp³-hybridized carbons (Fsp3) is 0.125. The molecule has 0 unspecified atom stereocenters. The second-order valence-electron chi connectivity index (χ2n) is 7.17. The summed E-state index contributed by atoms with van der Waals surface area (Å²) in [4.78, 5) is 36.7. The van der Waals surface area contributed by atoms with Gasteiger partial charge in [0.2, 0.25) is 5.91 Å². The van der Waals surface area contributed by atoms with Gasteiger partial charge in [-0.2, -0.15) is 0 Å². The summed E-state index contributed by atoms with van der Waals surface area (Å²) in [5.74, 6) is -2.53. The molecule has 0 heterocycles. The van der Waals surface area contributed by atoms with Crippen LogP contribution in [0.3, 0.4) is 0 Å². The summed E-state index contributed by atoms with van der Waals surface area (Å²) in [6.07, 6.45) is 0. The maximum Gasteiger partial charge on any atom is 0.327 e. The number of para-hydroxylation sites is 1. The number of nitrogens with one attached hydrogen (secondary N) is 2. The van der Waals surface area contributed by atoms with Crippen molar-refractivity contribution in [2.24, 2.45) is 0 Å². The predicted molar refractivity (Wildman–Crippen MR) is 113 cm³/mol. The Morgan fingerprint density at radius 1 is 0.833 bits per heavy atom. The molecule has 6 nitrogen and oxygen atoms in total. The number of fused-ring (bicyclic) bond motifs is 3. The SMILES string of the molecule is CC(=O)Nc1ccccc1C(=O)N[C@H](C(=O)O)C1c2ccccc2-c2ccccc21. The maximum absolute atomic E-state index is 13.0. The number of hydrogen-bond acceptors (Lipinski definition) is 3. The van der Waals surface area contributed by atoms with Crippen molar-refractivity contribution in [3.05, 3.63) is 89.5 Å². The van der Waals surface area contributed by atoms with Crippen molar-refractivity contribution in [3.8, 4) is 11.1 Å². The van der Waals surface area contributed by atoms with E-state index >= 15 is 0 Å². The molecule has 0 fully saturated rings. The molecule has 0 bridgehead atoms. The molecular weight excluding hydrogens is 380 g/mol. The zero-order chi connectivity index (χ0) is 21.3. The van der Waals surface area contributed by atoms with Gasteiger partial charge in [0, 0.05) is 12.8 Å². The van der Waals surface area contributed by atoms with Crippen LogP contribution in [0.1, 0.15) is 34.3 Å².